The molecular weight excluding hydrogens is 218 g/mol. The number of methoxy groups -OCH3 is 1. The highest BCUT2D eigenvalue weighted by Gasteiger charge is 2.28. The number of allylic oxidation sites excluding steroid dienone is 1. The van der Waals surface area contributed by atoms with Crippen LogP contribution in [-0.4, -0.2) is 37.4 Å². The second-order valence-corrected chi connectivity index (χ2v) is 3.95. The maximum atomic E-state index is 11.6. The van der Waals surface area contributed by atoms with Gasteiger partial charge in [0.15, 0.2) is 0 Å². The molecule has 1 unspecified atom stereocenters. The van der Waals surface area contributed by atoms with Crippen LogP contribution in [0.15, 0.2) is 23.9 Å². The number of hydrogen-bond acceptors (Lipinski definition) is 4. The van der Waals surface area contributed by atoms with E-state index < -0.39 is 0 Å². The molecule has 0 fully saturated rings. The SMILES string of the molecule is C=CCN1C(C)=C(C(=O)OC)CCC1OCC. The minimum absolute atomic E-state index is 0.0337. The maximum absolute atomic E-state index is 11.6. The summed E-state index contributed by atoms with van der Waals surface area (Å²) in [6.07, 6.45) is 3.36. The third kappa shape index (κ3) is 3.09. The molecule has 1 heterocycles. The predicted molar refractivity (Wildman–Crippen MR) is 66.3 cm³/mol. The average molecular weight is 239 g/mol. The molecule has 0 saturated heterocycles. The summed E-state index contributed by atoms with van der Waals surface area (Å²) in [4.78, 5) is 13.7. The zero-order valence-electron chi connectivity index (χ0n) is 10.9. The van der Waals surface area contributed by atoms with Gasteiger partial charge in [-0.15, -0.1) is 6.58 Å². The van der Waals surface area contributed by atoms with Crippen molar-refractivity contribution < 1.29 is 14.3 Å². The minimum atomic E-state index is -0.244. The van der Waals surface area contributed by atoms with E-state index in [9.17, 15) is 4.79 Å². The number of ether oxygens (including phenoxy) is 2. The lowest BCUT2D eigenvalue weighted by molar-refractivity contribution is -0.137. The van der Waals surface area contributed by atoms with Crippen LogP contribution in [-0.2, 0) is 14.3 Å². The number of carbonyl (C=O) groups is 1. The van der Waals surface area contributed by atoms with Crippen molar-refractivity contribution in [2.45, 2.75) is 32.9 Å². The van der Waals surface area contributed by atoms with Crippen molar-refractivity contribution in [3.8, 4) is 0 Å². The molecule has 4 heteroatoms. The molecule has 0 spiro atoms. The third-order valence-electron chi connectivity index (χ3n) is 2.97. The highest BCUT2D eigenvalue weighted by Crippen LogP contribution is 2.28. The van der Waals surface area contributed by atoms with Gasteiger partial charge in [-0.3, -0.25) is 0 Å². The number of esters is 1. The second-order valence-electron chi connectivity index (χ2n) is 3.95. The first-order valence-electron chi connectivity index (χ1n) is 5.92. The number of carbonyl (C=O) groups excluding carboxylic acids is 1. The van der Waals surface area contributed by atoms with E-state index in [0.29, 0.717) is 19.6 Å². The summed E-state index contributed by atoms with van der Waals surface area (Å²) < 4.78 is 10.5. The van der Waals surface area contributed by atoms with E-state index in [4.69, 9.17) is 9.47 Å². The first kappa shape index (κ1) is 13.8. The summed E-state index contributed by atoms with van der Waals surface area (Å²) in [6.45, 7) is 8.99. The second kappa shape index (κ2) is 6.45. The maximum Gasteiger partial charge on any atom is 0.335 e. The molecule has 0 saturated carbocycles. The number of hydrogen-bond donors (Lipinski definition) is 0. The third-order valence-corrected chi connectivity index (χ3v) is 2.97. The fraction of sp³-hybridized carbons (Fsp3) is 0.615. The fourth-order valence-electron chi connectivity index (χ4n) is 2.13. The van der Waals surface area contributed by atoms with Crippen LogP contribution >= 0.6 is 0 Å². The molecule has 17 heavy (non-hydrogen) atoms. The Morgan fingerprint density at radius 3 is 2.88 bits per heavy atom. The van der Waals surface area contributed by atoms with Crippen LogP contribution in [0.1, 0.15) is 26.7 Å². The van der Waals surface area contributed by atoms with Crippen LogP contribution in [0.25, 0.3) is 0 Å². The lowest BCUT2D eigenvalue weighted by Crippen LogP contribution is -2.40. The van der Waals surface area contributed by atoms with E-state index in [1.807, 2.05) is 19.9 Å². The Kier molecular flexibility index (Phi) is 5.22. The van der Waals surface area contributed by atoms with Gasteiger partial charge in [0.25, 0.3) is 0 Å². The van der Waals surface area contributed by atoms with Gasteiger partial charge in [-0.2, -0.15) is 0 Å². The van der Waals surface area contributed by atoms with Gasteiger partial charge in [-0.05, 0) is 26.7 Å². The van der Waals surface area contributed by atoms with Gasteiger partial charge in [-0.25, -0.2) is 4.79 Å². The monoisotopic (exact) mass is 239 g/mol. The van der Waals surface area contributed by atoms with Gasteiger partial charge in [0.1, 0.15) is 6.23 Å². The Morgan fingerprint density at radius 2 is 2.35 bits per heavy atom. The van der Waals surface area contributed by atoms with E-state index in [2.05, 4.69) is 11.5 Å². The standard InChI is InChI=1S/C13H21NO3/c1-5-9-14-10(3)11(13(15)16-4)7-8-12(14)17-6-2/h5,12H,1,6-9H2,2-4H3. The van der Waals surface area contributed by atoms with Gasteiger partial charge >= 0.3 is 5.97 Å². The molecule has 0 aromatic heterocycles. The largest absolute Gasteiger partial charge is 0.466 e. The highest BCUT2D eigenvalue weighted by atomic mass is 16.5. The Morgan fingerprint density at radius 1 is 1.65 bits per heavy atom. The van der Waals surface area contributed by atoms with Crippen LogP contribution in [0.3, 0.4) is 0 Å². The number of nitrogens with zero attached hydrogens (tertiary/aromatic N) is 1. The normalized spacial score (nSPS) is 20.4. The summed E-state index contributed by atoms with van der Waals surface area (Å²) in [5.74, 6) is -0.244. The quantitative estimate of drug-likeness (QED) is 0.544. The molecule has 0 aromatic rings. The van der Waals surface area contributed by atoms with E-state index in [1.54, 1.807) is 0 Å². The molecule has 1 atom stereocenters. The van der Waals surface area contributed by atoms with Crippen molar-refractivity contribution in [2.75, 3.05) is 20.3 Å². The molecule has 96 valence electrons. The van der Waals surface area contributed by atoms with Crippen LogP contribution < -0.4 is 0 Å². The molecule has 0 radical (unpaired) electrons. The summed E-state index contributed by atoms with van der Waals surface area (Å²) >= 11 is 0. The Hall–Kier alpha value is -1.29. The van der Waals surface area contributed by atoms with E-state index in [1.165, 1.54) is 7.11 Å². The lowest BCUT2D eigenvalue weighted by atomic mass is 10.0. The van der Waals surface area contributed by atoms with Crippen molar-refractivity contribution >= 4 is 5.97 Å². The molecule has 0 aromatic carbocycles. The Balaban J connectivity index is 2.94. The molecule has 0 bridgehead atoms. The van der Waals surface area contributed by atoms with Crippen molar-refractivity contribution in [3.05, 3.63) is 23.9 Å². The number of rotatable bonds is 5. The topological polar surface area (TPSA) is 38.8 Å². The van der Waals surface area contributed by atoms with Crippen LogP contribution in [0.5, 0.6) is 0 Å². The molecule has 0 aliphatic carbocycles. The van der Waals surface area contributed by atoms with E-state index >= 15 is 0 Å². The van der Waals surface area contributed by atoms with Gasteiger partial charge in [0.2, 0.25) is 0 Å². The van der Waals surface area contributed by atoms with E-state index in [-0.39, 0.29) is 12.2 Å². The van der Waals surface area contributed by atoms with Crippen LogP contribution in [0, 0.1) is 0 Å². The minimum Gasteiger partial charge on any atom is -0.466 e. The van der Waals surface area contributed by atoms with Crippen LogP contribution in [0.4, 0.5) is 0 Å². The van der Waals surface area contributed by atoms with Crippen molar-refractivity contribution in [2.24, 2.45) is 0 Å². The first-order chi connectivity index (χ1) is 8.15. The van der Waals surface area contributed by atoms with E-state index in [0.717, 1.165) is 17.7 Å². The van der Waals surface area contributed by atoms with Gasteiger partial charge in [0, 0.05) is 18.8 Å². The van der Waals surface area contributed by atoms with Crippen molar-refractivity contribution in [1.29, 1.82) is 0 Å². The molecule has 4 nitrogen and oxygen atoms in total. The Bertz CT molecular complexity index is 323. The summed E-state index contributed by atoms with van der Waals surface area (Å²) in [5.41, 5.74) is 1.67. The van der Waals surface area contributed by atoms with Crippen molar-refractivity contribution in [1.82, 2.24) is 4.90 Å². The van der Waals surface area contributed by atoms with Gasteiger partial charge < -0.3 is 14.4 Å². The summed E-state index contributed by atoms with van der Waals surface area (Å²) in [7, 11) is 1.41. The molecular formula is C13H21NO3. The molecule has 0 N–H and O–H groups in total. The summed E-state index contributed by atoms with van der Waals surface area (Å²) in [5, 5.41) is 0. The molecule has 1 rings (SSSR count). The van der Waals surface area contributed by atoms with Crippen molar-refractivity contribution in [3.63, 3.8) is 0 Å². The average Bonchev–Trinajstić information content (AvgIpc) is 2.33. The van der Waals surface area contributed by atoms with Gasteiger partial charge in [-0.1, -0.05) is 6.08 Å². The van der Waals surface area contributed by atoms with Crippen LogP contribution in [0.2, 0.25) is 0 Å². The fourth-order valence-corrected chi connectivity index (χ4v) is 2.13. The smallest absolute Gasteiger partial charge is 0.335 e. The predicted octanol–water partition coefficient (Wildman–Crippen LogP) is 2.08. The summed E-state index contributed by atoms with van der Waals surface area (Å²) in [6, 6.07) is 0. The molecule has 1 aliphatic heterocycles. The molecule has 1 aliphatic rings. The molecule has 0 amide bonds. The Labute approximate surface area is 103 Å². The van der Waals surface area contributed by atoms with Gasteiger partial charge in [0.05, 0.1) is 12.7 Å². The zero-order chi connectivity index (χ0) is 12.8. The zero-order valence-corrected chi connectivity index (χ0v) is 10.9. The lowest BCUT2D eigenvalue weighted by Gasteiger charge is -2.37. The first-order valence-corrected chi connectivity index (χ1v) is 5.92. The highest BCUT2D eigenvalue weighted by molar-refractivity contribution is 5.89.